The van der Waals surface area contributed by atoms with Crippen molar-refractivity contribution >= 4 is 17.6 Å². The molecule has 6 nitrogen and oxygen atoms in total. The van der Waals surface area contributed by atoms with E-state index in [9.17, 15) is 9.59 Å². The van der Waals surface area contributed by atoms with Crippen LogP contribution >= 0.6 is 0 Å². The standard InChI is InChI=1S/C11H15N3O3/c1-12-5-4-10(15)14-9-3-2-8(13-7-9)6-11(16)17/h2-3,7,12H,4-6H2,1H3,(H,14,15)(H,16,17). The Morgan fingerprint density at radius 2 is 2.18 bits per heavy atom. The minimum Gasteiger partial charge on any atom is -0.481 e. The van der Waals surface area contributed by atoms with Crippen LogP contribution in [0.5, 0.6) is 0 Å². The summed E-state index contributed by atoms with van der Waals surface area (Å²) in [5.74, 6) is -1.03. The smallest absolute Gasteiger partial charge is 0.309 e. The Kier molecular flexibility index (Phi) is 5.09. The third kappa shape index (κ3) is 5.07. The zero-order chi connectivity index (χ0) is 12.7. The van der Waals surface area contributed by atoms with Crippen LogP contribution in [0.3, 0.4) is 0 Å². The number of carboxylic acid groups (broad SMARTS) is 1. The molecular weight excluding hydrogens is 222 g/mol. The van der Waals surface area contributed by atoms with E-state index in [2.05, 4.69) is 15.6 Å². The second kappa shape index (κ2) is 6.59. The number of hydrogen-bond acceptors (Lipinski definition) is 4. The van der Waals surface area contributed by atoms with Gasteiger partial charge in [0, 0.05) is 13.0 Å². The molecule has 1 rings (SSSR count). The molecule has 1 aromatic heterocycles. The summed E-state index contributed by atoms with van der Waals surface area (Å²) in [5, 5.41) is 14.1. The third-order valence-corrected chi connectivity index (χ3v) is 2.04. The molecule has 0 aliphatic carbocycles. The predicted octanol–water partition coefficient (Wildman–Crippen LogP) is 0.257. The van der Waals surface area contributed by atoms with Crippen LogP contribution in [-0.2, 0) is 16.0 Å². The number of rotatable bonds is 6. The van der Waals surface area contributed by atoms with Crippen LogP contribution in [0.4, 0.5) is 5.69 Å². The third-order valence-electron chi connectivity index (χ3n) is 2.04. The molecule has 0 fully saturated rings. The number of pyridine rings is 1. The first-order valence-corrected chi connectivity index (χ1v) is 5.23. The number of aliphatic carboxylic acids is 1. The lowest BCUT2D eigenvalue weighted by Crippen LogP contribution is -2.18. The molecule has 0 radical (unpaired) electrons. The number of hydrogen-bond donors (Lipinski definition) is 3. The SMILES string of the molecule is CNCCC(=O)Nc1ccc(CC(=O)O)nc1. The Hall–Kier alpha value is -1.95. The Balaban J connectivity index is 2.50. The second-order valence-electron chi connectivity index (χ2n) is 3.51. The van der Waals surface area contributed by atoms with Gasteiger partial charge in [-0.1, -0.05) is 0 Å². The van der Waals surface area contributed by atoms with E-state index in [1.165, 1.54) is 6.20 Å². The van der Waals surface area contributed by atoms with Gasteiger partial charge in [-0.15, -0.1) is 0 Å². The van der Waals surface area contributed by atoms with Crippen molar-refractivity contribution in [2.75, 3.05) is 18.9 Å². The van der Waals surface area contributed by atoms with E-state index in [0.717, 1.165) is 0 Å². The van der Waals surface area contributed by atoms with E-state index in [1.807, 2.05) is 0 Å². The van der Waals surface area contributed by atoms with E-state index in [0.29, 0.717) is 24.3 Å². The fourth-order valence-corrected chi connectivity index (χ4v) is 1.22. The largest absolute Gasteiger partial charge is 0.481 e. The van der Waals surface area contributed by atoms with Crippen molar-refractivity contribution in [1.29, 1.82) is 0 Å². The van der Waals surface area contributed by atoms with Crippen molar-refractivity contribution in [3.8, 4) is 0 Å². The molecule has 0 saturated heterocycles. The highest BCUT2D eigenvalue weighted by Gasteiger charge is 2.04. The van der Waals surface area contributed by atoms with Crippen LogP contribution in [0, 0.1) is 0 Å². The number of carbonyl (C=O) groups excluding carboxylic acids is 1. The van der Waals surface area contributed by atoms with Gasteiger partial charge in [0.15, 0.2) is 0 Å². The van der Waals surface area contributed by atoms with Gasteiger partial charge in [-0.3, -0.25) is 14.6 Å². The molecule has 1 aromatic rings. The molecule has 0 spiro atoms. The van der Waals surface area contributed by atoms with E-state index in [4.69, 9.17) is 5.11 Å². The molecule has 1 amide bonds. The first-order valence-electron chi connectivity index (χ1n) is 5.23. The van der Waals surface area contributed by atoms with E-state index >= 15 is 0 Å². The lowest BCUT2D eigenvalue weighted by Gasteiger charge is -2.05. The van der Waals surface area contributed by atoms with Gasteiger partial charge in [0.1, 0.15) is 0 Å². The van der Waals surface area contributed by atoms with Crippen LogP contribution in [0.1, 0.15) is 12.1 Å². The minimum absolute atomic E-state index is 0.105. The van der Waals surface area contributed by atoms with Crippen LogP contribution < -0.4 is 10.6 Å². The van der Waals surface area contributed by atoms with Gasteiger partial charge < -0.3 is 15.7 Å². The van der Waals surface area contributed by atoms with Crippen LogP contribution in [0.25, 0.3) is 0 Å². The molecule has 0 aliphatic heterocycles. The van der Waals surface area contributed by atoms with Crippen molar-refractivity contribution in [2.24, 2.45) is 0 Å². The van der Waals surface area contributed by atoms with E-state index < -0.39 is 5.97 Å². The number of nitrogens with zero attached hydrogens (tertiary/aromatic N) is 1. The summed E-state index contributed by atoms with van der Waals surface area (Å²) < 4.78 is 0. The topological polar surface area (TPSA) is 91.3 Å². The zero-order valence-electron chi connectivity index (χ0n) is 9.56. The van der Waals surface area contributed by atoms with Gasteiger partial charge in [0.2, 0.25) is 5.91 Å². The first kappa shape index (κ1) is 13.1. The van der Waals surface area contributed by atoms with Crippen molar-refractivity contribution in [2.45, 2.75) is 12.8 Å². The molecule has 1 heterocycles. The molecule has 0 aromatic carbocycles. The van der Waals surface area contributed by atoms with Crippen LogP contribution in [-0.4, -0.2) is 35.6 Å². The number of carbonyl (C=O) groups is 2. The molecule has 0 saturated carbocycles. The molecule has 3 N–H and O–H groups in total. The first-order chi connectivity index (χ1) is 8.11. The summed E-state index contributed by atoms with van der Waals surface area (Å²) >= 11 is 0. The van der Waals surface area contributed by atoms with Gasteiger partial charge in [-0.2, -0.15) is 0 Å². The number of carboxylic acids is 1. The van der Waals surface area contributed by atoms with Crippen molar-refractivity contribution in [3.63, 3.8) is 0 Å². The summed E-state index contributed by atoms with van der Waals surface area (Å²) in [6.07, 6.45) is 1.72. The number of amides is 1. The quantitative estimate of drug-likeness (QED) is 0.660. The highest BCUT2D eigenvalue weighted by Crippen LogP contribution is 2.07. The zero-order valence-corrected chi connectivity index (χ0v) is 9.56. The Labute approximate surface area is 99.1 Å². The molecular formula is C11H15N3O3. The summed E-state index contributed by atoms with van der Waals surface area (Å²) in [6, 6.07) is 3.23. The highest BCUT2D eigenvalue weighted by molar-refractivity contribution is 5.90. The number of nitrogens with one attached hydrogen (secondary N) is 2. The summed E-state index contributed by atoms with van der Waals surface area (Å²) in [4.78, 5) is 25.7. The minimum atomic E-state index is -0.927. The lowest BCUT2D eigenvalue weighted by atomic mass is 10.2. The van der Waals surface area contributed by atoms with Gasteiger partial charge in [-0.05, 0) is 19.2 Å². The van der Waals surface area contributed by atoms with Crippen molar-refractivity contribution in [3.05, 3.63) is 24.0 Å². The predicted molar refractivity (Wildman–Crippen MR) is 62.8 cm³/mol. The molecule has 92 valence electrons. The summed E-state index contributed by atoms with van der Waals surface area (Å²) in [7, 11) is 1.77. The molecule has 0 atom stereocenters. The van der Waals surface area contributed by atoms with Crippen molar-refractivity contribution in [1.82, 2.24) is 10.3 Å². The molecule has 0 bridgehead atoms. The normalized spacial score (nSPS) is 9.94. The Morgan fingerprint density at radius 3 is 2.71 bits per heavy atom. The maximum Gasteiger partial charge on any atom is 0.309 e. The second-order valence-corrected chi connectivity index (χ2v) is 3.51. The van der Waals surface area contributed by atoms with Gasteiger partial charge in [-0.25, -0.2) is 0 Å². The molecule has 0 unspecified atom stereocenters. The average molecular weight is 237 g/mol. The van der Waals surface area contributed by atoms with Crippen molar-refractivity contribution < 1.29 is 14.7 Å². The Morgan fingerprint density at radius 1 is 1.41 bits per heavy atom. The van der Waals surface area contributed by atoms with Gasteiger partial charge in [0.25, 0.3) is 0 Å². The maximum atomic E-state index is 11.4. The summed E-state index contributed by atoms with van der Waals surface area (Å²) in [5.41, 5.74) is 1.03. The van der Waals surface area contributed by atoms with Crippen LogP contribution in [0.2, 0.25) is 0 Å². The van der Waals surface area contributed by atoms with E-state index in [-0.39, 0.29) is 12.3 Å². The van der Waals surface area contributed by atoms with Gasteiger partial charge in [0.05, 0.1) is 24.0 Å². The fourth-order valence-electron chi connectivity index (χ4n) is 1.22. The number of anilines is 1. The lowest BCUT2D eigenvalue weighted by molar-refractivity contribution is -0.136. The Bertz CT molecular complexity index is 389. The fraction of sp³-hybridized carbons (Fsp3) is 0.364. The molecule has 6 heteroatoms. The molecule has 17 heavy (non-hydrogen) atoms. The van der Waals surface area contributed by atoms with Crippen LogP contribution in [0.15, 0.2) is 18.3 Å². The summed E-state index contributed by atoms with van der Waals surface area (Å²) in [6.45, 7) is 0.607. The molecule has 0 aliphatic rings. The highest BCUT2D eigenvalue weighted by atomic mass is 16.4. The van der Waals surface area contributed by atoms with E-state index in [1.54, 1.807) is 19.2 Å². The van der Waals surface area contributed by atoms with Gasteiger partial charge >= 0.3 is 5.97 Å². The average Bonchev–Trinajstić information content (AvgIpc) is 2.28. The number of aromatic nitrogens is 1. The maximum absolute atomic E-state index is 11.4. The monoisotopic (exact) mass is 237 g/mol.